The first-order valence-corrected chi connectivity index (χ1v) is 6.68. The molecular formula is C16H13ClFNO. The molecular weight excluding hydrogens is 277 g/mol. The molecule has 2 N–H and O–H groups in total. The summed E-state index contributed by atoms with van der Waals surface area (Å²) in [6.45, 7) is 0. The van der Waals surface area contributed by atoms with Crippen LogP contribution in [0, 0.1) is 5.82 Å². The SMILES string of the molecule is NC(Cc1cccc(Cl)c1)c1cc2cc(F)ccc2o1. The molecule has 2 aromatic carbocycles. The Labute approximate surface area is 121 Å². The van der Waals surface area contributed by atoms with Crippen LogP contribution >= 0.6 is 11.6 Å². The normalized spacial score (nSPS) is 12.8. The van der Waals surface area contributed by atoms with Gasteiger partial charge in [0.2, 0.25) is 0 Å². The summed E-state index contributed by atoms with van der Waals surface area (Å²) in [7, 11) is 0. The quantitative estimate of drug-likeness (QED) is 0.773. The number of furan rings is 1. The van der Waals surface area contributed by atoms with Crippen molar-refractivity contribution in [3.05, 3.63) is 70.7 Å². The van der Waals surface area contributed by atoms with Crippen LogP contribution in [-0.2, 0) is 6.42 Å². The number of nitrogens with two attached hydrogens (primary N) is 1. The predicted octanol–water partition coefficient (Wildman–Crippen LogP) is 4.47. The summed E-state index contributed by atoms with van der Waals surface area (Å²) in [6.07, 6.45) is 0.614. The molecule has 0 aliphatic rings. The molecule has 0 radical (unpaired) electrons. The van der Waals surface area contributed by atoms with Crippen molar-refractivity contribution < 1.29 is 8.81 Å². The molecule has 0 aliphatic heterocycles. The Morgan fingerprint density at radius 3 is 2.80 bits per heavy atom. The molecule has 3 rings (SSSR count). The second kappa shape index (κ2) is 5.27. The molecule has 20 heavy (non-hydrogen) atoms. The van der Waals surface area contributed by atoms with Gasteiger partial charge in [0.05, 0.1) is 6.04 Å². The zero-order valence-electron chi connectivity index (χ0n) is 10.6. The number of hydrogen-bond donors (Lipinski definition) is 1. The number of fused-ring (bicyclic) bond motifs is 1. The van der Waals surface area contributed by atoms with Crippen molar-refractivity contribution in [1.29, 1.82) is 0 Å². The van der Waals surface area contributed by atoms with Crippen molar-refractivity contribution in [3.8, 4) is 0 Å². The van der Waals surface area contributed by atoms with Gasteiger partial charge < -0.3 is 10.2 Å². The standard InChI is InChI=1S/C16H13ClFNO/c17-12-3-1-2-10(6-12)7-14(19)16-9-11-8-13(18)4-5-15(11)20-16/h1-6,8-9,14H,7,19H2. The zero-order valence-corrected chi connectivity index (χ0v) is 11.4. The van der Waals surface area contributed by atoms with Crippen molar-refractivity contribution in [2.75, 3.05) is 0 Å². The van der Waals surface area contributed by atoms with E-state index in [0.717, 1.165) is 10.9 Å². The summed E-state index contributed by atoms with van der Waals surface area (Å²) in [5.74, 6) is 0.360. The van der Waals surface area contributed by atoms with Crippen LogP contribution in [0.1, 0.15) is 17.4 Å². The minimum Gasteiger partial charge on any atom is -0.459 e. The minimum absolute atomic E-state index is 0.284. The van der Waals surface area contributed by atoms with Crippen LogP contribution in [-0.4, -0.2) is 0 Å². The minimum atomic E-state index is -0.288. The highest BCUT2D eigenvalue weighted by atomic mass is 35.5. The summed E-state index contributed by atoms with van der Waals surface area (Å²) in [5, 5.41) is 1.41. The molecule has 0 aliphatic carbocycles. The van der Waals surface area contributed by atoms with Gasteiger partial charge in [-0.25, -0.2) is 4.39 Å². The Morgan fingerprint density at radius 2 is 2.00 bits per heavy atom. The van der Waals surface area contributed by atoms with E-state index in [4.69, 9.17) is 21.8 Å². The largest absolute Gasteiger partial charge is 0.459 e. The van der Waals surface area contributed by atoms with Gasteiger partial charge in [0, 0.05) is 10.4 Å². The monoisotopic (exact) mass is 289 g/mol. The van der Waals surface area contributed by atoms with Crippen molar-refractivity contribution in [3.63, 3.8) is 0 Å². The average molecular weight is 290 g/mol. The van der Waals surface area contributed by atoms with E-state index in [0.29, 0.717) is 22.8 Å². The number of benzene rings is 2. The summed E-state index contributed by atoms with van der Waals surface area (Å²) in [4.78, 5) is 0. The molecule has 2 nitrogen and oxygen atoms in total. The molecule has 4 heteroatoms. The Hall–Kier alpha value is -1.84. The van der Waals surface area contributed by atoms with Crippen molar-refractivity contribution in [2.24, 2.45) is 5.73 Å². The average Bonchev–Trinajstić information content (AvgIpc) is 2.81. The Bertz CT molecular complexity index is 753. The Balaban J connectivity index is 1.86. The smallest absolute Gasteiger partial charge is 0.134 e. The fourth-order valence-electron chi connectivity index (χ4n) is 2.24. The maximum absolute atomic E-state index is 13.2. The molecule has 0 saturated carbocycles. The van der Waals surface area contributed by atoms with Gasteiger partial charge in [-0.1, -0.05) is 23.7 Å². The first kappa shape index (κ1) is 13.2. The topological polar surface area (TPSA) is 39.2 Å². The fourth-order valence-corrected chi connectivity index (χ4v) is 2.45. The van der Waals surface area contributed by atoms with Crippen molar-refractivity contribution in [1.82, 2.24) is 0 Å². The summed E-state index contributed by atoms with van der Waals surface area (Å²) in [5.41, 5.74) is 7.83. The maximum atomic E-state index is 13.2. The highest BCUT2D eigenvalue weighted by molar-refractivity contribution is 6.30. The first-order valence-electron chi connectivity index (χ1n) is 6.31. The van der Waals surface area contributed by atoms with E-state index in [2.05, 4.69) is 0 Å². The molecule has 102 valence electrons. The fraction of sp³-hybridized carbons (Fsp3) is 0.125. The lowest BCUT2D eigenvalue weighted by Gasteiger charge is -2.08. The molecule has 0 spiro atoms. The van der Waals surface area contributed by atoms with E-state index >= 15 is 0 Å². The van der Waals surface area contributed by atoms with E-state index in [1.165, 1.54) is 12.1 Å². The van der Waals surface area contributed by atoms with E-state index < -0.39 is 0 Å². The molecule has 0 saturated heterocycles. The van der Waals surface area contributed by atoms with Crippen LogP contribution in [0.25, 0.3) is 11.0 Å². The van der Waals surface area contributed by atoms with Crippen molar-refractivity contribution >= 4 is 22.6 Å². The van der Waals surface area contributed by atoms with E-state index in [-0.39, 0.29) is 11.9 Å². The number of halogens is 2. The third-order valence-electron chi connectivity index (χ3n) is 3.21. The highest BCUT2D eigenvalue weighted by Gasteiger charge is 2.13. The molecule has 0 amide bonds. The van der Waals surface area contributed by atoms with Gasteiger partial charge in [0.15, 0.2) is 0 Å². The highest BCUT2D eigenvalue weighted by Crippen LogP contribution is 2.26. The second-order valence-corrected chi connectivity index (χ2v) is 5.21. The van der Waals surface area contributed by atoms with Crippen LogP contribution in [0.5, 0.6) is 0 Å². The van der Waals surface area contributed by atoms with Crippen LogP contribution in [0.3, 0.4) is 0 Å². The van der Waals surface area contributed by atoms with E-state index in [9.17, 15) is 4.39 Å². The van der Waals surface area contributed by atoms with E-state index in [1.54, 1.807) is 12.1 Å². The van der Waals surface area contributed by atoms with Crippen LogP contribution < -0.4 is 5.73 Å². The van der Waals surface area contributed by atoms with Crippen LogP contribution in [0.2, 0.25) is 5.02 Å². The summed E-state index contributed by atoms with van der Waals surface area (Å²) < 4.78 is 18.8. The molecule has 1 heterocycles. The molecule has 3 aromatic rings. The Kier molecular flexibility index (Phi) is 3.47. The third-order valence-corrected chi connectivity index (χ3v) is 3.44. The molecule has 0 bridgehead atoms. The number of rotatable bonds is 3. The lowest BCUT2D eigenvalue weighted by atomic mass is 10.0. The molecule has 1 unspecified atom stereocenters. The van der Waals surface area contributed by atoms with Gasteiger partial charge in [0.25, 0.3) is 0 Å². The summed E-state index contributed by atoms with van der Waals surface area (Å²) >= 11 is 5.95. The maximum Gasteiger partial charge on any atom is 0.134 e. The molecule has 1 aromatic heterocycles. The molecule has 0 fully saturated rings. The van der Waals surface area contributed by atoms with Gasteiger partial charge in [-0.15, -0.1) is 0 Å². The molecule has 1 atom stereocenters. The van der Waals surface area contributed by atoms with Gasteiger partial charge in [-0.2, -0.15) is 0 Å². The predicted molar refractivity (Wildman–Crippen MR) is 78.3 cm³/mol. The van der Waals surface area contributed by atoms with Crippen molar-refractivity contribution in [2.45, 2.75) is 12.5 Å². The van der Waals surface area contributed by atoms with Gasteiger partial charge in [0.1, 0.15) is 17.2 Å². The van der Waals surface area contributed by atoms with E-state index in [1.807, 2.05) is 24.3 Å². The third kappa shape index (κ3) is 2.69. The second-order valence-electron chi connectivity index (χ2n) is 4.77. The van der Waals surface area contributed by atoms with Crippen LogP contribution in [0.4, 0.5) is 4.39 Å². The lowest BCUT2D eigenvalue weighted by Crippen LogP contribution is -2.12. The number of hydrogen-bond acceptors (Lipinski definition) is 2. The van der Waals surface area contributed by atoms with Gasteiger partial charge in [-0.05, 0) is 48.4 Å². The summed E-state index contributed by atoms with van der Waals surface area (Å²) in [6, 6.07) is 13.5. The Morgan fingerprint density at radius 1 is 1.15 bits per heavy atom. The van der Waals surface area contributed by atoms with Crippen LogP contribution in [0.15, 0.2) is 52.9 Å². The van der Waals surface area contributed by atoms with Gasteiger partial charge >= 0.3 is 0 Å². The van der Waals surface area contributed by atoms with Gasteiger partial charge in [-0.3, -0.25) is 0 Å². The zero-order chi connectivity index (χ0) is 14.1. The first-order chi connectivity index (χ1) is 9.61. The lowest BCUT2D eigenvalue weighted by molar-refractivity contribution is 0.493.